The summed E-state index contributed by atoms with van der Waals surface area (Å²) in [6, 6.07) is 1.51. The Balaban J connectivity index is 2.24. The summed E-state index contributed by atoms with van der Waals surface area (Å²) in [7, 11) is 0. The van der Waals surface area contributed by atoms with Gasteiger partial charge in [0.25, 0.3) is 0 Å². The van der Waals surface area contributed by atoms with Crippen LogP contribution < -0.4 is 10.6 Å². The molecule has 1 aliphatic heterocycles. The second-order valence-corrected chi connectivity index (χ2v) is 4.39. The van der Waals surface area contributed by atoms with Crippen LogP contribution >= 0.6 is 0 Å². The molecule has 0 spiro atoms. The van der Waals surface area contributed by atoms with E-state index in [-0.39, 0.29) is 30.9 Å². The van der Waals surface area contributed by atoms with Crippen LogP contribution in [0, 0.1) is 0 Å². The first-order valence-electron chi connectivity index (χ1n) is 6.06. The van der Waals surface area contributed by atoms with E-state index in [0.717, 1.165) is 0 Å². The van der Waals surface area contributed by atoms with Gasteiger partial charge in [0.1, 0.15) is 5.82 Å². The molecular formula is C12H17N3O4. The lowest BCUT2D eigenvalue weighted by Gasteiger charge is -2.17. The van der Waals surface area contributed by atoms with Crippen molar-refractivity contribution in [2.24, 2.45) is 0 Å². The first kappa shape index (κ1) is 13.6. The van der Waals surface area contributed by atoms with Crippen LogP contribution in [0.4, 0.5) is 11.5 Å². The van der Waals surface area contributed by atoms with Gasteiger partial charge in [-0.15, -0.1) is 0 Å². The maximum Gasteiger partial charge on any atom is 0.340 e. The molecule has 2 atom stereocenters. The molecule has 19 heavy (non-hydrogen) atoms. The molecule has 1 aromatic rings. The lowest BCUT2D eigenvalue weighted by molar-refractivity contribution is 0.0527. The molecule has 2 heterocycles. The molecular weight excluding hydrogens is 250 g/mol. The van der Waals surface area contributed by atoms with Crippen molar-refractivity contribution in [3.05, 3.63) is 17.8 Å². The molecule has 0 bridgehead atoms. The Bertz CT molecular complexity index is 470. The van der Waals surface area contributed by atoms with E-state index in [1.807, 2.05) is 0 Å². The normalized spacial score (nSPS) is 22.6. The fraction of sp³-hybridized carbons (Fsp3) is 0.500. The van der Waals surface area contributed by atoms with Gasteiger partial charge in [-0.3, -0.25) is 0 Å². The molecule has 2 rings (SSSR count). The third-order valence-corrected chi connectivity index (χ3v) is 3.00. The Morgan fingerprint density at radius 1 is 1.53 bits per heavy atom. The van der Waals surface area contributed by atoms with E-state index in [4.69, 9.17) is 10.5 Å². The maximum atomic E-state index is 11.7. The van der Waals surface area contributed by atoms with Crippen molar-refractivity contribution < 1.29 is 19.7 Å². The van der Waals surface area contributed by atoms with Crippen LogP contribution in [0.5, 0.6) is 0 Å². The van der Waals surface area contributed by atoms with Gasteiger partial charge in [-0.2, -0.15) is 0 Å². The molecule has 0 amide bonds. The second kappa shape index (κ2) is 5.41. The van der Waals surface area contributed by atoms with Crippen LogP contribution in [-0.2, 0) is 4.74 Å². The van der Waals surface area contributed by atoms with Crippen molar-refractivity contribution in [3.8, 4) is 0 Å². The third kappa shape index (κ3) is 2.77. The van der Waals surface area contributed by atoms with Gasteiger partial charge in [-0.05, 0) is 13.0 Å². The molecule has 1 saturated heterocycles. The zero-order chi connectivity index (χ0) is 14.0. The molecule has 1 aliphatic rings. The van der Waals surface area contributed by atoms with Gasteiger partial charge in [-0.25, -0.2) is 9.78 Å². The predicted molar refractivity (Wildman–Crippen MR) is 68.8 cm³/mol. The number of pyridine rings is 1. The van der Waals surface area contributed by atoms with Crippen molar-refractivity contribution in [2.45, 2.75) is 19.1 Å². The van der Waals surface area contributed by atoms with Crippen molar-refractivity contribution in [1.29, 1.82) is 0 Å². The first-order valence-corrected chi connectivity index (χ1v) is 6.06. The topological polar surface area (TPSA) is 109 Å². The molecule has 1 aromatic heterocycles. The van der Waals surface area contributed by atoms with Gasteiger partial charge in [-0.1, -0.05) is 0 Å². The predicted octanol–water partition coefficient (Wildman–Crippen LogP) is -0.618. The van der Waals surface area contributed by atoms with Crippen LogP contribution in [0.2, 0.25) is 0 Å². The molecule has 4 N–H and O–H groups in total. The van der Waals surface area contributed by atoms with E-state index in [1.54, 1.807) is 11.8 Å². The van der Waals surface area contributed by atoms with Crippen LogP contribution in [0.15, 0.2) is 12.3 Å². The number of nitrogen functional groups attached to an aromatic ring is 1. The number of nitrogens with zero attached hydrogens (tertiary/aromatic N) is 2. The Hall–Kier alpha value is -1.86. The number of nitrogens with two attached hydrogens (primary N) is 1. The van der Waals surface area contributed by atoms with Gasteiger partial charge in [0.15, 0.2) is 0 Å². The minimum atomic E-state index is -0.814. The number of aliphatic hydroxyl groups excluding tert-OH is 2. The van der Waals surface area contributed by atoms with Crippen LogP contribution in [0.1, 0.15) is 17.3 Å². The number of β-amino-alcohol motifs (C(OH)–C–C–N with tert-alkyl or cyclic N) is 2. The van der Waals surface area contributed by atoms with Crippen LogP contribution in [0.25, 0.3) is 0 Å². The maximum absolute atomic E-state index is 11.7. The summed E-state index contributed by atoms with van der Waals surface area (Å²) in [6.45, 7) is 2.50. The number of esters is 1. The fourth-order valence-electron chi connectivity index (χ4n) is 1.97. The zero-order valence-electron chi connectivity index (χ0n) is 10.6. The van der Waals surface area contributed by atoms with Crippen molar-refractivity contribution in [2.75, 3.05) is 30.3 Å². The monoisotopic (exact) mass is 267 g/mol. The summed E-state index contributed by atoms with van der Waals surface area (Å²) in [5.41, 5.74) is 6.17. The Labute approximate surface area is 110 Å². The van der Waals surface area contributed by atoms with E-state index in [9.17, 15) is 15.0 Å². The molecule has 7 nitrogen and oxygen atoms in total. The van der Waals surface area contributed by atoms with Crippen molar-refractivity contribution in [1.82, 2.24) is 4.98 Å². The average molecular weight is 267 g/mol. The van der Waals surface area contributed by atoms with Crippen molar-refractivity contribution >= 4 is 17.5 Å². The summed E-state index contributed by atoms with van der Waals surface area (Å²) in [6.07, 6.45) is -0.255. The van der Waals surface area contributed by atoms with E-state index in [2.05, 4.69) is 4.98 Å². The number of carbonyl (C=O) groups excluding carboxylic acids is 1. The molecule has 104 valence electrons. The number of hydrogen-bond donors (Lipinski definition) is 3. The third-order valence-electron chi connectivity index (χ3n) is 3.00. The fourth-order valence-corrected chi connectivity index (χ4v) is 1.97. The van der Waals surface area contributed by atoms with Crippen LogP contribution in [0.3, 0.4) is 0 Å². The van der Waals surface area contributed by atoms with Crippen molar-refractivity contribution in [3.63, 3.8) is 0 Å². The second-order valence-electron chi connectivity index (χ2n) is 4.39. The van der Waals surface area contributed by atoms with Gasteiger partial charge in [0.2, 0.25) is 0 Å². The van der Waals surface area contributed by atoms with Gasteiger partial charge in [0.05, 0.1) is 36.3 Å². The van der Waals surface area contributed by atoms with E-state index in [0.29, 0.717) is 5.82 Å². The Morgan fingerprint density at radius 2 is 2.16 bits per heavy atom. The average Bonchev–Trinajstić information content (AvgIpc) is 2.70. The van der Waals surface area contributed by atoms with E-state index in [1.165, 1.54) is 12.3 Å². The molecule has 0 saturated carbocycles. The molecule has 2 unspecified atom stereocenters. The van der Waals surface area contributed by atoms with Gasteiger partial charge in [0, 0.05) is 13.1 Å². The zero-order valence-corrected chi connectivity index (χ0v) is 10.6. The number of anilines is 2. The highest BCUT2D eigenvalue weighted by Gasteiger charge is 2.30. The smallest absolute Gasteiger partial charge is 0.340 e. The minimum absolute atomic E-state index is 0.238. The minimum Gasteiger partial charge on any atom is -0.462 e. The number of aliphatic hydroxyl groups is 2. The Kier molecular flexibility index (Phi) is 3.87. The molecule has 0 aromatic carbocycles. The van der Waals surface area contributed by atoms with E-state index >= 15 is 0 Å². The lowest BCUT2D eigenvalue weighted by atomic mass is 10.2. The SMILES string of the molecule is CCOC(=O)c1cc(N2CC(O)C(O)C2)ncc1N. The molecule has 0 aliphatic carbocycles. The number of aromatic nitrogens is 1. The number of rotatable bonds is 3. The summed E-state index contributed by atoms with van der Waals surface area (Å²) in [5.74, 6) is -0.0307. The number of ether oxygens (including phenoxy) is 1. The first-order chi connectivity index (χ1) is 9.02. The van der Waals surface area contributed by atoms with E-state index < -0.39 is 18.2 Å². The largest absolute Gasteiger partial charge is 0.462 e. The summed E-state index contributed by atoms with van der Waals surface area (Å²) >= 11 is 0. The highest BCUT2D eigenvalue weighted by molar-refractivity contribution is 5.95. The summed E-state index contributed by atoms with van der Waals surface area (Å²) in [4.78, 5) is 17.5. The van der Waals surface area contributed by atoms with Gasteiger partial charge >= 0.3 is 5.97 Å². The Morgan fingerprint density at radius 3 is 2.74 bits per heavy atom. The molecule has 1 fully saturated rings. The summed E-state index contributed by atoms with van der Waals surface area (Å²) in [5, 5.41) is 19.0. The highest BCUT2D eigenvalue weighted by Crippen LogP contribution is 2.22. The lowest BCUT2D eigenvalue weighted by Crippen LogP contribution is -2.23. The van der Waals surface area contributed by atoms with Gasteiger partial charge < -0.3 is 25.6 Å². The molecule has 7 heteroatoms. The quantitative estimate of drug-likeness (QED) is 0.626. The number of carbonyl (C=O) groups is 1. The molecule has 0 radical (unpaired) electrons. The standard InChI is InChI=1S/C12H17N3O4/c1-2-19-12(18)7-3-11(14-4-8(7)13)15-5-9(16)10(17)6-15/h3-4,9-10,16-17H,2,5-6,13H2,1H3. The summed E-state index contributed by atoms with van der Waals surface area (Å²) < 4.78 is 4.90. The number of hydrogen-bond acceptors (Lipinski definition) is 7. The highest BCUT2D eigenvalue weighted by atomic mass is 16.5. The van der Waals surface area contributed by atoms with Crippen LogP contribution in [-0.4, -0.2) is 53.1 Å².